The van der Waals surface area contributed by atoms with Gasteiger partial charge in [0.25, 0.3) is 5.91 Å². The summed E-state index contributed by atoms with van der Waals surface area (Å²) in [6.07, 6.45) is -0.743. The molecule has 82 valence electrons. The fraction of sp³-hybridized carbons (Fsp3) is 0.125. The molecule has 0 aliphatic carbocycles. The molecular weight excluding hydrogens is 204 g/mol. The van der Waals surface area contributed by atoms with E-state index in [9.17, 15) is 9.18 Å². The number of rotatable bonds is 3. The summed E-state index contributed by atoms with van der Waals surface area (Å²) < 4.78 is 13.0. The average Bonchev–Trinajstić information content (AvgIpc) is 2.14. The van der Waals surface area contributed by atoms with Gasteiger partial charge >= 0.3 is 6.75 Å². The average molecular weight is 214 g/mol. The molecule has 5 nitrogen and oxygen atoms in total. The van der Waals surface area contributed by atoms with Crippen molar-refractivity contribution in [3.05, 3.63) is 35.6 Å². The third-order valence-electron chi connectivity index (χ3n) is 1.65. The van der Waals surface area contributed by atoms with Crippen molar-refractivity contribution in [1.29, 1.82) is 0 Å². The molecule has 0 aromatic heterocycles. The van der Waals surface area contributed by atoms with E-state index in [1.165, 1.54) is 18.2 Å². The van der Waals surface area contributed by atoms with E-state index >= 15 is 0 Å². The monoisotopic (exact) mass is 214 g/mol. The van der Waals surface area contributed by atoms with Gasteiger partial charge in [-0.15, -0.1) is 0 Å². The van der Waals surface area contributed by atoms with Crippen molar-refractivity contribution in [1.82, 2.24) is 5.32 Å². The molecule has 1 aromatic rings. The SMILES string of the molecule is O=C(NC[B-](O)(O)O)c1ccccc1F. The van der Waals surface area contributed by atoms with Crippen molar-refractivity contribution in [2.75, 3.05) is 6.44 Å². The predicted octanol–water partition coefficient (Wildman–Crippen LogP) is -0.990. The molecule has 4 N–H and O–H groups in total. The van der Waals surface area contributed by atoms with Crippen LogP contribution in [0.25, 0.3) is 0 Å². The molecule has 0 unspecified atom stereocenters. The first kappa shape index (κ1) is 11.6. The van der Waals surface area contributed by atoms with E-state index in [0.717, 1.165) is 6.07 Å². The van der Waals surface area contributed by atoms with Crippen molar-refractivity contribution in [2.45, 2.75) is 0 Å². The van der Waals surface area contributed by atoms with E-state index in [2.05, 4.69) is 0 Å². The second kappa shape index (κ2) is 4.39. The Balaban J connectivity index is 2.66. The lowest BCUT2D eigenvalue weighted by atomic mass is 9.81. The van der Waals surface area contributed by atoms with Gasteiger partial charge in [0, 0.05) is 0 Å². The smallest absolute Gasteiger partial charge is 0.390 e. The van der Waals surface area contributed by atoms with Crippen LogP contribution < -0.4 is 5.32 Å². The Labute approximate surface area is 85.2 Å². The zero-order valence-electron chi connectivity index (χ0n) is 7.72. The van der Waals surface area contributed by atoms with Crippen LogP contribution in [-0.4, -0.2) is 34.2 Å². The van der Waals surface area contributed by atoms with Crippen molar-refractivity contribution < 1.29 is 24.3 Å². The van der Waals surface area contributed by atoms with E-state index in [4.69, 9.17) is 15.1 Å². The van der Waals surface area contributed by atoms with Crippen LogP contribution in [0.4, 0.5) is 4.39 Å². The van der Waals surface area contributed by atoms with Crippen LogP contribution in [0.5, 0.6) is 0 Å². The first-order valence-electron chi connectivity index (χ1n) is 4.26. The molecule has 1 rings (SSSR count). The molecule has 1 amide bonds. The van der Waals surface area contributed by atoms with E-state index in [1.807, 2.05) is 5.32 Å². The Bertz CT molecular complexity index is 366. The Morgan fingerprint density at radius 1 is 1.33 bits per heavy atom. The largest absolute Gasteiger partial charge is 0.559 e. The highest BCUT2D eigenvalue weighted by molar-refractivity contribution is 6.56. The first-order chi connectivity index (χ1) is 6.90. The molecule has 0 aliphatic rings. The van der Waals surface area contributed by atoms with Crippen LogP contribution >= 0.6 is 0 Å². The van der Waals surface area contributed by atoms with Crippen molar-refractivity contribution in [3.8, 4) is 0 Å². The zero-order chi connectivity index (χ0) is 11.5. The van der Waals surface area contributed by atoms with Crippen molar-refractivity contribution in [2.24, 2.45) is 0 Å². The predicted molar refractivity (Wildman–Crippen MR) is 51.1 cm³/mol. The molecule has 7 heteroatoms. The summed E-state index contributed by atoms with van der Waals surface area (Å²) in [5.41, 5.74) is -0.224. The maximum absolute atomic E-state index is 13.0. The highest BCUT2D eigenvalue weighted by Gasteiger charge is 2.18. The second-order valence-electron chi connectivity index (χ2n) is 3.08. The lowest BCUT2D eigenvalue weighted by molar-refractivity contribution is 0.0943. The molecule has 0 heterocycles. The Morgan fingerprint density at radius 2 is 1.93 bits per heavy atom. The molecular formula is C8H10BFNO4-. The molecule has 0 aliphatic heterocycles. The quantitative estimate of drug-likeness (QED) is 0.486. The molecule has 1 aromatic carbocycles. The van der Waals surface area contributed by atoms with Gasteiger partial charge in [0.2, 0.25) is 0 Å². The summed E-state index contributed by atoms with van der Waals surface area (Å²) in [5, 5.41) is 27.6. The minimum atomic E-state index is -3.60. The number of hydrogen-bond donors (Lipinski definition) is 4. The Hall–Kier alpha value is -1.44. The molecule has 0 fully saturated rings. The van der Waals surface area contributed by atoms with Crippen LogP contribution in [0.15, 0.2) is 24.3 Å². The number of hydrogen-bond acceptors (Lipinski definition) is 4. The van der Waals surface area contributed by atoms with Gasteiger partial charge in [0.05, 0.1) is 5.56 Å². The number of carbonyl (C=O) groups is 1. The maximum atomic E-state index is 13.0. The normalized spacial score (nSPS) is 11.2. The van der Waals surface area contributed by atoms with Crippen molar-refractivity contribution in [3.63, 3.8) is 0 Å². The van der Waals surface area contributed by atoms with Crippen LogP contribution in [-0.2, 0) is 0 Å². The standard InChI is InChI=1S/C8H10BFNO4/c10-7-4-2-1-3-6(7)8(12)11-5-9(13,14)15/h1-4,13-15H,5H2,(H,11,12)/q-1. The summed E-state index contributed by atoms with van der Waals surface area (Å²) >= 11 is 0. The molecule has 0 radical (unpaired) electrons. The number of benzene rings is 1. The number of nitrogens with one attached hydrogen (secondary N) is 1. The van der Waals surface area contributed by atoms with Gasteiger partial charge in [-0.25, -0.2) is 4.39 Å². The van der Waals surface area contributed by atoms with Gasteiger partial charge in [-0.05, 0) is 18.6 Å². The minimum absolute atomic E-state index is 0.224. The van der Waals surface area contributed by atoms with Gasteiger partial charge in [-0.2, -0.15) is 0 Å². The molecule has 0 saturated carbocycles. The fourth-order valence-electron chi connectivity index (χ4n) is 0.970. The summed E-state index contributed by atoms with van der Waals surface area (Å²) in [7, 11) is 0. The highest BCUT2D eigenvalue weighted by atomic mass is 19.1. The van der Waals surface area contributed by atoms with Gasteiger partial charge in [-0.3, -0.25) is 4.79 Å². The molecule has 0 saturated heterocycles. The van der Waals surface area contributed by atoms with Crippen LogP contribution in [0.1, 0.15) is 10.4 Å². The van der Waals surface area contributed by atoms with Crippen molar-refractivity contribution >= 4 is 12.7 Å². The van der Waals surface area contributed by atoms with Gasteiger partial charge in [0.15, 0.2) is 0 Å². The zero-order valence-corrected chi connectivity index (χ0v) is 7.72. The number of carbonyl (C=O) groups excluding carboxylic acids is 1. The summed E-state index contributed by atoms with van der Waals surface area (Å²) in [6.45, 7) is -3.60. The minimum Gasteiger partial charge on any atom is -0.559 e. The van der Waals surface area contributed by atoms with E-state index in [1.54, 1.807) is 0 Å². The maximum Gasteiger partial charge on any atom is 0.390 e. The first-order valence-corrected chi connectivity index (χ1v) is 4.26. The summed E-state index contributed by atoms with van der Waals surface area (Å²) in [4.78, 5) is 11.2. The van der Waals surface area contributed by atoms with Crippen LogP contribution in [0, 0.1) is 5.82 Å². The topological polar surface area (TPSA) is 89.8 Å². The van der Waals surface area contributed by atoms with E-state index < -0.39 is 24.9 Å². The summed E-state index contributed by atoms with van der Waals surface area (Å²) in [6, 6.07) is 5.23. The molecule has 0 atom stereocenters. The number of amides is 1. The van der Waals surface area contributed by atoms with Crippen LogP contribution in [0.3, 0.4) is 0 Å². The third kappa shape index (κ3) is 3.66. The molecule has 0 spiro atoms. The van der Waals surface area contributed by atoms with Gasteiger partial charge in [0.1, 0.15) is 5.82 Å². The molecule has 15 heavy (non-hydrogen) atoms. The fourth-order valence-corrected chi connectivity index (χ4v) is 0.970. The van der Waals surface area contributed by atoms with E-state index in [0.29, 0.717) is 0 Å². The highest BCUT2D eigenvalue weighted by Crippen LogP contribution is 2.05. The van der Waals surface area contributed by atoms with Gasteiger partial charge in [-0.1, -0.05) is 12.1 Å². The Morgan fingerprint density at radius 3 is 2.47 bits per heavy atom. The number of halogens is 1. The molecule has 0 bridgehead atoms. The third-order valence-corrected chi connectivity index (χ3v) is 1.65. The van der Waals surface area contributed by atoms with Crippen LogP contribution in [0.2, 0.25) is 0 Å². The Kier molecular flexibility index (Phi) is 3.41. The lowest BCUT2D eigenvalue weighted by Crippen LogP contribution is -2.48. The summed E-state index contributed by atoms with van der Waals surface area (Å²) in [5.74, 6) is -1.54. The van der Waals surface area contributed by atoms with E-state index in [-0.39, 0.29) is 5.56 Å². The second-order valence-corrected chi connectivity index (χ2v) is 3.08. The lowest BCUT2D eigenvalue weighted by Gasteiger charge is -2.20. The van der Waals surface area contributed by atoms with Gasteiger partial charge < -0.3 is 20.4 Å².